The van der Waals surface area contributed by atoms with Gasteiger partial charge in [-0.05, 0) is 57.9 Å². The van der Waals surface area contributed by atoms with Gasteiger partial charge in [-0.2, -0.15) is 18.3 Å². The maximum Gasteiger partial charge on any atom is 0.416 e. The van der Waals surface area contributed by atoms with E-state index in [4.69, 9.17) is 0 Å². The van der Waals surface area contributed by atoms with Crippen LogP contribution in [0.2, 0.25) is 0 Å². The number of likely N-dealkylation sites (tertiary alicyclic amines) is 1. The van der Waals surface area contributed by atoms with Crippen LogP contribution in [0.15, 0.2) is 59.4 Å². The highest BCUT2D eigenvalue weighted by Crippen LogP contribution is 2.33. The van der Waals surface area contributed by atoms with Crippen LogP contribution in [-0.4, -0.2) is 57.5 Å². The molecule has 41 heavy (non-hydrogen) atoms. The number of anilines is 3. The minimum Gasteiger partial charge on any atom is -0.381 e. The number of nitrogens with zero attached hydrogens (tertiary/aromatic N) is 7. The Kier molecular flexibility index (Phi) is 8.15. The van der Waals surface area contributed by atoms with Crippen molar-refractivity contribution in [2.75, 3.05) is 35.3 Å². The first kappa shape index (κ1) is 28.4. The highest BCUT2D eigenvalue weighted by atomic mass is 19.4. The second-order valence-electron chi connectivity index (χ2n) is 10.6. The maximum atomic E-state index is 13.0. The van der Waals surface area contributed by atoms with Crippen LogP contribution in [0.1, 0.15) is 60.0 Å². The van der Waals surface area contributed by atoms with E-state index in [1.807, 2.05) is 6.20 Å². The number of carbonyl (C=O) groups is 1. The molecule has 10 nitrogen and oxygen atoms in total. The summed E-state index contributed by atoms with van der Waals surface area (Å²) in [6.45, 7) is 8.82. The van der Waals surface area contributed by atoms with E-state index >= 15 is 0 Å². The number of halogens is 3. The molecule has 0 aromatic carbocycles. The van der Waals surface area contributed by atoms with E-state index in [0.29, 0.717) is 41.8 Å². The quantitative estimate of drug-likeness (QED) is 0.379. The molecule has 0 saturated carbocycles. The predicted molar refractivity (Wildman–Crippen MR) is 149 cm³/mol. The van der Waals surface area contributed by atoms with Gasteiger partial charge in [-0.15, -0.1) is 0 Å². The third-order valence-corrected chi connectivity index (χ3v) is 7.34. The number of nitrogens with one attached hydrogen (secondary N) is 2. The van der Waals surface area contributed by atoms with E-state index in [-0.39, 0.29) is 11.7 Å². The SMILES string of the molecule is Cc1ncc(NC(=O)c2cc(C(F)(F)F)ccn2)cc1N1CC(c2cncc(NC3CCN(C(C)C)CC3)c2)N=N1. The number of amides is 1. The van der Waals surface area contributed by atoms with E-state index in [2.05, 4.69) is 60.7 Å². The number of aromatic nitrogens is 3. The van der Waals surface area contributed by atoms with Crippen molar-refractivity contribution in [3.05, 3.63) is 71.6 Å². The van der Waals surface area contributed by atoms with Gasteiger partial charge in [0.05, 0.1) is 41.1 Å². The standard InChI is InChI=1S/C28H32F3N9O/c1-17(2)39-8-5-21(6-9-39)35-22-10-19(13-32-14-22)25-16-40(38-37-25)26-12-23(15-34-18(26)3)36-27(41)24-11-20(4-7-33-24)28(29,30)31/h4,7,10-15,17,21,25,35H,5-6,8-9,16H2,1-3H3,(H,36,41). The van der Waals surface area contributed by atoms with Gasteiger partial charge in [0.1, 0.15) is 11.7 Å². The molecule has 0 radical (unpaired) electrons. The molecule has 0 aliphatic carbocycles. The molecule has 5 heterocycles. The summed E-state index contributed by atoms with van der Waals surface area (Å²) in [5.74, 6) is -0.779. The first-order valence-electron chi connectivity index (χ1n) is 13.5. The monoisotopic (exact) mass is 567 g/mol. The fraction of sp³-hybridized carbons (Fsp3) is 0.429. The molecule has 2 aliphatic rings. The molecular formula is C28H32F3N9O. The van der Waals surface area contributed by atoms with Gasteiger partial charge in [-0.25, -0.2) is 5.01 Å². The van der Waals surface area contributed by atoms with Crippen molar-refractivity contribution in [3.63, 3.8) is 0 Å². The fourth-order valence-corrected chi connectivity index (χ4v) is 4.97. The van der Waals surface area contributed by atoms with Crippen LogP contribution in [0, 0.1) is 6.92 Å². The second kappa shape index (κ2) is 11.8. The van der Waals surface area contributed by atoms with Gasteiger partial charge in [0, 0.05) is 49.3 Å². The molecule has 1 atom stereocenters. The zero-order valence-corrected chi connectivity index (χ0v) is 23.1. The molecule has 0 bridgehead atoms. The van der Waals surface area contributed by atoms with Gasteiger partial charge in [0.25, 0.3) is 5.91 Å². The Labute approximate surface area is 236 Å². The molecule has 13 heteroatoms. The lowest BCUT2D eigenvalue weighted by Crippen LogP contribution is -2.42. The lowest BCUT2D eigenvalue weighted by atomic mass is 10.0. The molecule has 3 aromatic heterocycles. The summed E-state index contributed by atoms with van der Waals surface area (Å²) in [7, 11) is 0. The van der Waals surface area contributed by atoms with Gasteiger partial charge >= 0.3 is 6.18 Å². The van der Waals surface area contributed by atoms with E-state index in [9.17, 15) is 18.0 Å². The van der Waals surface area contributed by atoms with Crippen LogP contribution in [0.5, 0.6) is 0 Å². The van der Waals surface area contributed by atoms with Crippen molar-refractivity contribution in [1.29, 1.82) is 0 Å². The molecule has 0 spiro atoms. The van der Waals surface area contributed by atoms with Crippen LogP contribution >= 0.6 is 0 Å². The van der Waals surface area contributed by atoms with Crippen LogP contribution in [-0.2, 0) is 6.18 Å². The number of piperidine rings is 1. The minimum absolute atomic E-state index is 0.251. The Morgan fingerprint density at radius 1 is 1.05 bits per heavy atom. The summed E-state index contributed by atoms with van der Waals surface area (Å²) in [5, 5.41) is 16.6. The first-order chi connectivity index (χ1) is 19.6. The predicted octanol–water partition coefficient (Wildman–Crippen LogP) is 5.66. The molecular weight excluding hydrogens is 535 g/mol. The zero-order chi connectivity index (χ0) is 29.1. The summed E-state index contributed by atoms with van der Waals surface area (Å²) in [4.78, 5) is 27.6. The first-order valence-corrected chi connectivity index (χ1v) is 13.5. The summed E-state index contributed by atoms with van der Waals surface area (Å²) in [5.41, 5.74) is 2.14. The van der Waals surface area contributed by atoms with E-state index in [1.54, 1.807) is 24.2 Å². The lowest BCUT2D eigenvalue weighted by Gasteiger charge is -2.35. The topological polar surface area (TPSA) is 111 Å². The van der Waals surface area contributed by atoms with Crippen molar-refractivity contribution in [3.8, 4) is 0 Å². The maximum absolute atomic E-state index is 13.0. The summed E-state index contributed by atoms with van der Waals surface area (Å²) in [6, 6.07) is 5.94. The number of hydrogen-bond acceptors (Lipinski definition) is 9. The second-order valence-corrected chi connectivity index (χ2v) is 10.6. The van der Waals surface area contributed by atoms with E-state index in [1.165, 1.54) is 6.20 Å². The normalized spacial score (nSPS) is 18.2. The van der Waals surface area contributed by atoms with Crippen molar-refractivity contribution < 1.29 is 18.0 Å². The molecule has 5 rings (SSSR count). The molecule has 2 N–H and O–H groups in total. The number of rotatable bonds is 7. The molecule has 1 fully saturated rings. The van der Waals surface area contributed by atoms with Crippen molar-refractivity contribution in [2.24, 2.45) is 10.3 Å². The average molecular weight is 568 g/mol. The molecule has 3 aromatic rings. The molecule has 1 unspecified atom stereocenters. The smallest absolute Gasteiger partial charge is 0.381 e. The van der Waals surface area contributed by atoms with E-state index < -0.39 is 17.6 Å². The minimum atomic E-state index is -4.58. The average Bonchev–Trinajstić information content (AvgIpc) is 3.44. The Balaban J connectivity index is 1.23. The summed E-state index contributed by atoms with van der Waals surface area (Å²) >= 11 is 0. The number of carbonyl (C=O) groups excluding carboxylic acids is 1. The molecule has 216 valence electrons. The van der Waals surface area contributed by atoms with Gasteiger partial charge < -0.3 is 15.5 Å². The van der Waals surface area contributed by atoms with Gasteiger partial charge in [-0.1, -0.05) is 5.22 Å². The van der Waals surface area contributed by atoms with Crippen molar-refractivity contribution in [2.45, 2.75) is 57.9 Å². The Hall–Kier alpha value is -4.13. The number of alkyl halides is 3. The highest BCUT2D eigenvalue weighted by molar-refractivity contribution is 6.03. The van der Waals surface area contributed by atoms with E-state index in [0.717, 1.165) is 49.4 Å². The Bertz CT molecular complexity index is 1420. The third-order valence-electron chi connectivity index (χ3n) is 7.34. The van der Waals surface area contributed by atoms with Crippen molar-refractivity contribution in [1.82, 2.24) is 19.9 Å². The van der Waals surface area contributed by atoms with Crippen molar-refractivity contribution >= 4 is 23.0 Å². The molecule has 1 amide bonds. The third kappa shape index (κ3) is 6.79. The van der Waals surface area contributed by atoms with Gasteiger partial charge in [-0.3, -0.25) is 19.7 Å². The van der Waals surface area contributed by atoms with Crippen LogP contribution in [0.25, 0.3) is 0 Å². The number of aryl methyl sites for hydroxylation is 1. The zero-order valence-electron chi connectivity index (χ0n) is 23.1. The summed E-state index contributed by atoms with van der Waals surface area (Å²) in [6.07, 6.45) is 3.55. The van der Waals surface area contributed by atoms with Gasteiger partial charge in [0.15, 0.2) is 0 Å². The van der Waals surface area contributed by atoms with Gasteiger partial charge in [0.2, 0.25) is 0 Å². The Morgan fingerprint density at radius 3 is 2.56 bits per heavy atom. The highest BCUT2D eigenvalue weighted by Gasteiger charge is 2.31. The lowest BCUT2D eigenvalue weighted by molar-refractivity contribution is -0.137. The largest absolute Gasteiger partial charge is 0.416 e. The number of hydrogen-bond donors (Lipinski definition) is 2. The van der Waals surface area contributed by atoms with Crippen LogP contribution in [0.3, 0.4) is 0 Å². The fourth-order valence-electron chi connectivity index (χ4n) is 4.97. The Morgan fingerprint density at radius 2 is 1.83 bits per heavy atom. The number of pyridine rings is 3. The molecule has 2 aliphatic heterocycles. The van der Waals surface area contributed by atoms with Crippen LogP contribution in [0.4, 0.5) is 30.2 Å². The van der Waals surface area contributed by atoms with Crippen LogP contribution < -0.4 is 15.6 Å². The molecule has 1 saturated heterocycles. The summed E-state index contributed by atoms with van der Waals surface area (Å²) < 4.78 is 39.1.